The SMILES string of the molecule is Cc1cn2cc(-c3cccc(C(F)(F)F)c3)nc2s1. The number of thiazole rings is 1. The van der Waals surface area contributed by atoms with Gasteiger partial charge in [0.25, 0.3) is 0 Å². The summed E-state index contributed by atoms with van der Waals surface area (Å²) in [6.45, 7) is 1.96. The summed E-state index contributed by atoms with van der Waals surface area (Å²) >= 11 is 1.51. The summed E-state index contributed by atoms with van der Waals surface area (Å²) in [7, 11) is 0. The molecule has 3 rings (SSSR count). The van der Waals surface area contributed by atoms with Crippen molar-refractivity contribution in [3.8, 4) is 11.3 Å². The van der Waals surface area contributed by atoms with Gasteiger partial charge >= 0.3 is 6.18 Å². The molecule has 1 aromatic carbocycles. The van der Waals surface area contributed by atoms with Gasteiger partial charge in [0.2, 0.25) is 0 Å². The van der Waals surface area contributed by atoms with Crippen LogP contribution in [0.25, 0.3) is 16.2 Å². The van der Waals surface area contributed by atoms with Crippen molar-refractivity contribution in [3.63, 3.8) is 0 Å². The molecule has 0 saturated heterocycles. The second kappa shape index (κ2) is 4.09. The van der Waals surface area contributed by atoms with Crippen LogP contribution >= 0.6 is 11.3 Å². The Morgan fingerprint density at radius 2 is 2.00 bits per heavy atom. The van der Waals surface area contributed by atoms with Gasteiger partial charge in [0.1, 0.15) is 0 Å². The van der Waals surface area contributed by atoms with Crippen LogP contribution in [0.3, 0.4) is 0 Å². The van der Waals surface area contributed by atoms with Crippen LogP contribution in [-0.4, -0.2) is 9.38 Å². The summed E-state index contributed by atoms with van der Waals surface area (Å²) in [5, 5.41) is 0. The second-order valence-corrected chi connectivity index (χ2v) is 5.45. The summed E-state index contributed by atoms with van der Waals surface area (Å²) < 4.78 is 39.8. The van der Waals surface area contributed by atoms with E-state index in [1.54, 1.807) is 12.3 Å². The monoisotopic (exact) mass is 282 g/mol. The lowest BCUT2D eigenvalue weighted by molar-refractivity contribution is -0.137. The van der Waals surface area contributed by atoms with Gasteiger partial charge in [-0.1, -0.05) is 12.1 Å². The van der Waals surface area contributed by atoms with Gasteiger partial charge in [0.15, 0.2) is 4.96 Å². The van der Waals surface area contributed by atoms with Crippen LogP contribution < -0.4 is 0 Å². The number of aromatic nitrogens is 2. The van der Waals surface area contributed by atoms with Crippen LogP contribution in [0.4, 0.5) is 13.2 Å². The zero-order chi connectivity index (χ0) is 13.6. The third kappa shape index (κ3) is 2.23. The Morgan fingerprint density at radius 3 is 2.68 bits per heavy atom. The predicted molar refractivity (Wildman–Crippen MR) is 68.2 cm³/mol. The highest BCUT2D eigenvalue weighted by Crippen LogP contribution is 2.32. The summed E-state index contributed by atoms with van der Waals surface area (Å²) in [5.74, 6) is 0. The number of benzene rings is 1. The molecule has 3 aromatic rings. The number of rotatable bonds is 1. The maximum absolute atomic E-state index is 12.7. The van der Waals surface area contributed by atoms with Crippen LogP contribution in [0, 0.1) is 6.92 Å². The number of alkyl halides is 3. The minimum atomic E-state index is -4.33. The molecule has 98 valence electrons. The minimum Gasteiger partial charge on any atom is -0.297 e. The number of fused-ring (bicyclic) bond motifs is 1. The maximum Gasteiger partial charge on any atom is 0.416 e. The molecule has 6 heteroatoms. The van der Waals surface area contributed by atoms with Gasteiger partial charge in [0, 0.05) is 22.8 Å². The Hall–Kier alpha value is -1.82. The van der Waals surface area contributed by atoms with E-state index in [4.69, 9.17) is 0 Å². The number of imidazole rings is 1. The summed E-state index contributed by atoms with van der Waals surface area (Å²) in [6, 6.07) is 5.22. The smallest absolute Gasteiger partial charge is 0.297 e. The lowest BCUT2D eigenvalue weighted by Crippen LogP contribution is -2.04. The molecular weight excluding hydrogens is 273 g/mol. The molecule has 2 heterocycles. The molecule has 0 aliphatic carbocycles. The van der Waals surface area contributed by atoms with Crippen molar-refractivity contribution in [2.45, 2.75) is 13.1 Å². The largest absolute Gasteiger partial charge is 0.416 e. The number of hydrogen-bond donors (Lipinski definition) is 0. The zero-order valence-electron chi connectivity index (χ0n) is 9.90. The number of nitrogens with zero attached hydrogens (tertiary/aromatic N) is 2. The fourth-order valence-electron chi connectivity index (χ4n) is 1.90. The number of halogens is 3. The minimum absolute atomic E-state index is 0.475. The lowest BCUT2D eigenvalue weighted by Gasteiger charge is -2.07. The van der Waals surface area contributed by atoms with E-state index in [-0.39, 0.29) is 0 Å². The third-order valence-electron chi connectivity index (χ3n) is 2.76. The van der Waals surface area contributed by atoms with Gasteiger partial charge in [-0.05, 0) is 19.1 Å². The van der Waals surface area contributed by atoms with Crippen LogP contribution in [0.2, 0.25) is 0 Å². The molecule has 0 unspecified atom stereocenters. The quantitative estimate of drug-likeness (QED) is 0.647. The first-order chi connectivity index (χ1) is 8.93. The Morgan fingerprint density at radius 1 is 1.21 bits per heavy atom. The maximum atomic E-state index is 12.7. The highest BCUT2D eigenvalue weighted by atomic mass is 32.1. The Bertz CT molecular complexity index is 708. The molecule has 0 aliphatic heterocycles. The molecule has 2 nitrogen and oxygen atoms in total. The van der Waals surface area contributed by atoms with Crippen LogP contribution in [-0.2, 0) is 6.18 Å². The molecule has 0 fully saturated rings. The average Bonchev–Trinajstić information content (AvgIpc) is 2.85. The first-order valence-corrected chi connectivity index (χ1v) is 6.38. The van der Waals surface area contributed by atoms with E-state index < -0.39 is 11.7 Å². The summed E-state index contributed by atoms with van der Waals surface area (Å²) in [6.07, 6.45) is -0.678. The van der Waals surface area contributed by atoms with Crippen molar-refractivity contribution in [2.75, 3.05) is 0 Å². The second-order valence-electron chi connectivity index (χ2n) is 4.24. The van der Waals surface area contributed by atoms with E-state index in [0.29, 0.717) is 11.3 Å². The number of hydrogen-bond acceptors (Lipinski definition) is 2. The van der Waals surface area contributed by atoms with E-state index in [2.05, 4.69) is 4.98 Å². The standard InChI is InChI=1S/C13H9F3N2S/c1-8-6-18-7-11(17-12(18)19-8)9-3-2-4-10(5-9)13(14,15)16/h2-7H,1H3. The third-order valence-corrected chi connectivity index (χ3v) is 3.67. The average molecular weight is 282 g/mol. The van der Waals surface area contributed by atoms with Gasteiger partial charge < -0.3 is 0 Å². The van der Waals surface area contributed by atoms with Crippen molar-refractivity contribution < 1.29 is 13.2 Å². The van der Waals surface area contributed by atoms with E-state index in [1.165, 1.54) is 17.4 Å². The van der Waals surface area contributed by atoms with Crippen LogP contribution in [0.15, 0.2) is 36.7 Å². The normalized spacial score (nSPS) is 12.2. The van der Waals surface area contributed by atoms with Gasteiger partial charge in [0.05, 0.1) is 11.3 Å². The zero-order valence-corrected chi connectivity index (χ0v) is 10.7. The molecule has 0 amide bonds. The van der Waals surface area contributed by atoms with E-state index in [0.717, 1.165) is 22.0 Å². The van der Waals surface area contributed by atoms with Gasteiger partial charge in [-0.3, -0.25) is 4.40 Å². The molecule has 0 saturated carbocycles. The molecule has 0 aliphatic rings. The molecular formula is C13H9F3N2S. The molecule has 2 aromatic heterocycles. The molecule has 0 N–H and O–H groups in total. The Balaban J connectivity index is 2.08. The Kier molecular flexibility index (Phi) is 2.63. The molecule has 0 spiro atoms. The van der Waals surface area contributed by atoms with Crippen molar-refractivity contribution in [2.24, 2.45) is 0 Å². The van der Waals surface area contributed by atoms with Gasteiger partial charge in [-0.2, -0.15) is 13.2 Å². The van der Waals surface area contributed by atoms with Gasteiger partial charge in [-0.15, -0.1) is 11.3 Å². The van der Waals surface area contributed by atoms with Crippen LogP contribution in [0.1, 0.15) is 10.4 Å². The first-order valence-electron chi connectivity index (χ1n) is 5.56. The first kappa shape index (κ1) is 12.2. The van der Waals surface area contributed by atoms with Crippen molar-refractivity contribution >= 4 is 16.3 Å². The fraction of sp³-hybridized carbons (Fsp3) is 0.154. The molecule has 19 heavy (non-hydrogen) atoms. The van der Waals surface area contributed by atoms with Crippen molar-refractivity contribution in [3.05, 3.63) is 47.1 Å². The lowest BCUT2D eigenvalue weighted by atomic mass is 10.1. The van der Waals surface area contributed by atoms with Gasteiger partial charge in [-0.25, -0.2) is 4.98 Å². The summed E-state index contributed by atoms with van der Waals surface area (Å²) in [4.78, 5) is 6.23. The van der Waals surface area contributed by atoms with Crippen molar-refractivity contribution in [1.82, 2.24) is 9.38 Å². The Labute approximate surface area is 111 Å². The highest BCUT2D eigenvalue weighted by Gasteiger charge is 2.30. The van der Waals surface area contributed by atoms with E-state index >= 15 is 0 Å². The topological polar surface area (TPSA) is 17.3 Å². The summed E-state index contributed by atoms with van der Waals surface area (Å²) in [5.41, 5.74) is 0.373. The van der Waals surface area contributed by atoms with E-state index in [9.17, 15) is 13.2 Å². The molecule has 0 radical (unpaired) electrons. The molecule has 0 atom stereocenters. The molecule has 0 bridgehead atoms. The van der Waals surface area contributed by atoms with E-state index in [1.807, 2.05) is 17.5 Å². The predicted octanol–water partition coefficient (Wildman–Crippen LogP) is 4.39. The van der Waals surface area contributed by atoms with Crippen molar-refractivity contribution in [1.29, 1.82) is 0 Å². The highest BCUT2D eigenvalue weighted by molar-refractivity contribution is 7.17. The number of aryl methyl sites for hydroxylation is 1. The fourth-order valence-corrected chi connectivity index (χ4v) is 2.71. The van der Waals surface area contributed by atoms with Crippen LogP contribution in [0.5, 0.6) is 0 Å².